The summed E-state index contributed by atoms with van der Waals surface area (Å²) in [7, 11) is 0. The number of para-hydroxylation sites is 1. The summed E-state index contributed by atoms with van der Waals surface area (Å²) in [6.45, 7) is 4.31. The molecule has 2 amide bonds. The summed E-state index contributed by atoms with van der Waals surface area (Å²) >= 11 is 0. The molecule has 5 heteroatoms. The molecule has 0 saturated carbocycles. The lowest BCUT2D eigenvalue weighted by Gasteiger charge is -2.11. The highest BCUT2D eigenvalue weighted by atomic mass is 16.2. The molecular weight excluding hydrogens is 266 g/mol. The largest absolute Gasteiger partial charge is 0.354 e. The van der Waals surface area contributed by atoms with Gasteiger partial charge in [-0.2, -0.15) is 0 Å². The molecule has 21 heavy (non-hydrogen) atoms. The van der Waals surface area contributed by atoms with Crippen molar-refractivity contribution in [3.63, 3.8) is 0 Å². The third-order valence-electron chi connectivity index (χ3n) is 3.43. The Kier molecular flexibility index (Phi) is 4.98. The first kappa shape index (κ1) is 15.1. The van der Waals surface area contributed by atoms with Crippen molar-refractivity contribution < 1.29 is 9.59 Å². The van der Waals surface area contributed by atoms with Crippen molar-refractivity contribution in [2.24, 2.45) is 0 Å². The average molecular weight is 287 g/mol. The molecule has 3 N–H and O–H groups in total. The van der Waals surface area contributed by atoms with E-state index in [2.05, 4.69) is 15.6 Å². The number of amides is 2. The molecule has 0 aliphatic carbocycles. The van der Waals surface area contributed by atoms with Crippen molar-refractivity contribution in [3.05, 3.63) is 36.0 Å². The van der Waals surface area contributed by atoms with Crippen molar-refractivity contribution in [2.75, 3.05) is 6.54 Å². The standard InChI is InChI=1S/C16H21N3O2/c1-3-11(2)18-15(20)8-9-17-16(21)14-10-12-6-4-5-7-13(12)19-14/h4-7,10-11,19H,3,8-9H2,1-2H3,(H,17,21)(H,18,20). The van der Waals surface area contributed by atoms with Crippen molar-refractivity contribution in [2.45, 2.75) is 32.7 Å². The number of nitrogens with one attached hydrogen (secondary N) is 3. The Bertz CT molecular complexity index is 600. The lowest BCUT2D eigenvalue weighted by Crippen LogP contribution is -2.35. The van der Waals surface area contributed by atoms with Crippen LogP contribution in [0.2, 0.25) is 0 Å². The van der Waals surface area contributed by atoms with Crippen LogP contribution in [0.15, 0.2) is 30.3 Å². The number of rotatable bonds is 6. The van der Waals surface area contributed by atoms with Gasteiger partial charge in [-0.05, 0) is 25.5 Å². The Labute approximate surface area is 124 Å². The van der Waals surface area contributed by atoms with Crippen LogP contribution in [0.5, 0.6) is 0 Å². The van der Waals surface area contributed by atoms with Gasteiger partial charge >= 0.3 is 0 Å². The van der Waals surface area contributed by atoms with Gasteiger partial charge in [0.1, 0.15) is 5.69 Å². The van der Waals surface area contributed by atoms with E-state index in [1.165, 1.54) is 0 Å². The lowest BCUT2D eigenvalue weighted by atomic mass is 10.2. The number of H-pyrrole nitrogens is 1. The smallest absolute Gasteiger partial charge is 0.267 e. The molecule has 0 aliphatic rings. The summed E-state index contributed by atoms with van der Waals surface area (Å²) in [5.41, 5.74) is 1.44. The minimum absolute atomic E-state index is 0.0405. The van der Waals surface area contributed by atoms with Gasteiger partial charge in [-0.3, -0.25) is 9.59 Å². The van der Waals surface area contributed by atoms with Crippen molar-refractivity contribution in [3.8, 4) is 0 Å². The van der Waals surface area contributed by atoms with Gasteiger partial charge in [0.15, 0.2) is 0 Å². The minimum Gasteiger partial charge on any atom is -0.354 e. The number of aromatic amines is 1. The molecule has 1 heterocycles. The molecule has 2 aromatic rings. The monoisotopic (exact) mass is 287 g/mol. The highest BCUT2D eigenvalue weighted by molar-refractivity contribution is 5.98. The number of benzene rings is 1. The van der Waals surface area contributed by atoms with Crippen LogP contribution in [-0.2, 0) is 4.79 Å². The molecule has 0 fully saturated rings. The van der Waals surface area contributed by atoms with Crippen LogP contribution < -0.4 is 10.6 Å². The summed E-state index contributed by atoms with van der Waals surface area (Å²) in [4.78, 5) is 26.7. The Morgan fingerprint density at radius 1 is 1.29 bits per heavy atom. The van der Waals surface area contributed by atoms with Crippen LogP contribution in [0, 0.1) is 0 Å². The van der Waals surface area contributed by atoms with Crippen LogP contribution in [-0.4, -0.2) is 29.4 Å². The fourth-order valence-electron chi connectivity index (χ4n) is 2.03. The maximum Gasteiger partial charge on any atom is 0.267 e. The summed E-state index contributed by atoms with van der Waals surface area (Å²) in [6.07, 6.45) is 1.18. The maximum absolute atomic E-state index is 12.0. The topological polar surface area (TPSA) is 74.0 Å². The molecule has 112 valence electrons. The van der Waals surface area contributed by atoms with Crippen LogP contribution in [0.25, 0.3) is 10.9 Å². The highest BCUT2D eigenvalue weighted by Crippen LogP contribution is 2.14. The first-order valence-electron chi connectivity index (χ1n) is 7.25. The van der Waals surface area contributed by atoms with Gasteiger partial charge in [0.05, 0.1) is 0 Å². The van der Waals surface area contributed by atoms with Gasteiger partial charge in [0.2, 0.25) is 5.91 Å². The zero-order valence-corrected chi connectivity index (χ0v) is 12.4. The number of aromatic nitrogens is 1. The number of fused-ring (bicyclic) bond motifs is 1. The van der Waals surface area contributed by atoms with E-state index in [4.69, 9.17) is 0 Å². The molecule has 1 aromatic carbocycles. The Balaban J connectivity index is 1.83. The molecule has 0 bridgehead atoms. The zero-order valence-electron chi connectivity index (χ0n) is 12.4. The second kappa shape index (κ2) is 6.92. The van der Waals surface area contributed by atoms with Gasteiger partial charge in [-0.1, -0.05) is 25.1 Å². The Morgan fingerprint density at radius 3 is 2.76 bits per heavy atom. The Hall–Kier alpha value is -2.30. The van der Waals surface area contributed by atoms with E-state index in [0.717, 1.165) is 17.3 Å². The summed E-state index contributed by atoms with van der Waals surface area (Å²) in [6, 6.07) is 9.69. The van der Waals surface area contributed by atoms with Gasteiger partial charge in [0.25, 0.3) is 5.91 Å². The highest BCUT2D eigenvalue weighted by Gasteiger charge is 2.10. The first-order valence-corrected chi connectivity index (χ1v) is 7.25. The third-order valence-corrected chi connectivity index (χ3v) is 3.43. The second-order valence-electron chi connectivity index (χ2n) is 5.15. The van der Waals surface area contributed by atoms with E-state index in [1.54, 1.807) is 0 Å². The molecule has 1 unspecified atom stereocenters. The fraction of sp³-hybridized carbons (Fsp3) is 0.375. The van der Waals surface area contributed by atoms with Gasteiger partial charge in [-0.25, -0.2) is 0 Å². The molecular formula is C16H21N3O2. The van der Waals surface area contributed by atoms with Crippen molar-refractivity contribution >= 4 is 22.7 Å². The molecule has 0 spiro atoms. The van der Waals surface area contributed by atoms with Crippen molar-refractivity contribution in [1.29, 1.82) is 0 Å². The fourth-order valence-corrected chi connectivity index (χ4v) is 2.03. The van der Waals surface area contributed by atoms with E-state index in [-0.39, 0.29) is 24.3 Å². The van der Waals surface area contributed by atoms with E-state index in [9.17, 15) is 9.59 Å². The van der Waals surface area contributed by atoms with E-state index < -0.39 is 0 Å². The molecule has 1 aromatic heterocycles. The van der Waals surface area contributed by atoms with E-state index in [0.29, 0.717) is 12.2 Å². The minimum atomic E-state index is -0.192. The second-order valence-corrected chi connectivity index (χ2v) is 5.15. The van der Waals surface area contributed by atoms with Gasteiger partial charge in [0, 0.05) is 29.9 Å². The van der Waals surface area contributed by atoms with Gasteiger partial charge in [-0.15, -0.1) is 0 Å². The summed E-state index contributed by atoms with van der Waals surface area (Å²) in [5.74, 6) is -0.233. The predicted octanol–water partition coefficient (Wildman–Crippen LogP) is 2.20. The van der Waals surface area contributed by atoms with Crippen LogP contribution in [0.4, 0.5) is 0 Å². The predicted molar refractivity (Wildman–Crippen MR) is 83.1 cm³/mol. The first-order chi connectivity index (χ1) is 10.1. The summed E-state index contributed by atoms with van der Waals surface area (Å²) in [5, 5.41) is 6.61. The van der Waals surface area contributed by atoms with Gasteiger partial charge < -0.3 is 15.6 Å². The molecule has 0 saturated heterocycles. The maximum atomic E-state index is 12.0. The summed E-state index contributed by atoms with van der Waals surface area (Å²) < 4.78 is 0. The zero-order chi connectivity index (χ0) is 15.2. The SMILES string of the molecule is CCC(C)NC(=O)CCNC(=O)c1cc2ccccc2[nH]1. The van der Waals surface area contributed by atoms with Crippen LogP contribution in [0.1, 0.15) is 37.2 Å². The number of hydrogen-bond donors (Lipinski definition) is 3. The van der Waals surface area contributed by atoms with Crippen LogP contribution in [0.3, 0.4) is 0 Å². The third kappa shape index (κ3) is 4.08. The van der Waals surface area contributed by atoms with Crippen molar-refractivity contribution in [1.82, 2.24) is 15.6 Å². The van der Waals surface area contributed by atoms with Crippen LogP contribution >= 0.6 is 0 Å². The number of carbonyl (C=O) groups is 2. The average Bonchev–Trinajstić information content (AvgIpc) is 2.91. The Morgan fingerprint density at radius 2 is 2.05 bits per heavy atom. The normalized spacial score (nSPS) is 12.1. The quantitative estimate of drug-likeness (QED) is 0.762. The molecule has 2 rings (SSSR count). The van der Waals surface area contributed by atoms with E-state index >= 15 is 0 Å². The number of carbonyl (C=O) groups excluding carboxylic acids is 2. The molecule has 0 aliphatic heterocycles. The lowest BCUT2D eigenvalue weighted by molar-refractivity contribution is -0.121. The molecule has 5 nitrogen and oxygen atoms in total. The molecule has 1 atom stereocenters. The van der Waals surface area contributed by atoms with E-state index in [1.807, 2.05) is 44.2 Å². The molecule has 0 radical (unpaired) electrons. The number of hydrogen-bond acceptors (Lipinski definition) is 2.